The minimum atomic E-state index is -1.00. The normalized spacial score (nSPS) is 10.1. The van der Waals surface area contributed by atoms with Gasteiger partial charge in [-0.3, -0.25) is 4.79 Å². The summed E-state index contributed by atoms with van der Waals surface area (Å²) in [7, 11) is 1.77. The number of carbonyl (C=O) groups excluding carboxylic acids is 1. The number of aryl methyl sites for hydroxylation is 1. The summed E-state index contributed by atoms with van der Waals surface area (Å²) < 4.78 is 1.67. The number of carboxylic acids is 1. The second-order valence-electron chi connectivity index (χ2n) is 3.76. The van der Waals surface area contributed by atoms with Crippen molar-refractivity contribution in [1.82, 2.24) is 9.55 Å². The predicted molar refractivity (Wildman–Crippen MR) is 64.6 cm³/mol. The van der Waals surface area contributed by atoms with Gasteiger partial charge < -0.3 is 15.0 Å². The van der Waals surface area contributed by atoms with Crippen LogP contribution in [0.1, 0.15) is 20.8 Å². The standard InChI is InChI=1S/C12H11N3O3/c1-15-6-10(13-7-15)11(16)14-9-4-2-8(3-5-9)12(17)18/h2-7H,1H3,(H,14,16)(H,17,18). The number of carboxylic acid groups (broad SMARTS) is 1. The first-order valence-corrected chi connectivity index (χ1v) is 5.19. The largest absolute Gasteiger partial charge is 0.478 e. The molecule has 2 aromatic rings. The maximum atomic E-state index is 11.7. The Hall–Kier alpha value is -2.63. The fraction of sp³-hybridized carbons (Fsp3) is 0.0833. The van der Waals surface area contributed by atoms with Crippen LogP contribution < -0.4 is 5.32 Å². The lowest BCUT2D eigenvalue weighted by atomic mass is 10.2. The number of nitrogens with zero attached hydrogens (tertiary/aromatic N) is 2. The molecule has 0 aliphatic heterocycles. The summed E-state index contributed by atoms with van der Waals surface area (Å²) >= 11 is 0. The van der Waals surface area contributed by atoms with Crippen molar-refractivity contribution >= 4 is 17.6 Å². The average Bonchev–Trinajstić information content (AvgIpc) is 2.76. The highest BCUT2D eigenvalue weighted by molar-refractivity contribution is 6.02. The van der Waals surface area contributed by atoms with E-state index in [1.54, 1.807) is 17.8 Å². The van der Waals surface area contributed by atoms with Crippen molar-refractivity contribution in [3.8, 4) is 0 Å². The van der Waals surface area contributed by atoms with Crippen molar-refractivity contribution in [3.05, 3.63) is 48.0 Å². The molecule has 92 valence electrons. The van der Waals surface area contributed by atoms with Gasteiger partial charge >= 0.3 is 5.97 Å². The number of aromatic nitrogens is 2. The molecule has 0 aliphatic carbocycles. The smallest absolute Gasteiger partial charge is 0.335 e. The molecule has 2 N–H and O–H groups in total. The SMILES string of the molecule is Cn1cnc(C(=O)Nc2ccc(C(=O)O)cc2)c1. The maximum absolute atomic E-state index is 11.7. The van der Waals surface area contributed by atoms with Crippen molar-refractivity contribution in [2.45, 2.75) is 0 Å². The highest BCUT2D eigenvalue weighted by Gasteiger charge is 2.09. The van der Waals surface area contributed by atoms with Crippen molar-refractivity contribution < 1.29 is 14.7 Å². The molecule has 0 fully saturated rings. The molecule has 6 heteroatoms. The molecular formula is C12H11N3O3. The maximum Gasteiger partial charge on any atom is 0.335 e. The van der Waals surface area contributed by atoms with Gasteiger partial charge in [-0.25, -0.2) is 9.78 Å². The number of amides is 1. The number of imidazole rings is 1. The minimum Gasteiger partial charge on any atom is -0.478 e. The number of rotatable bonds is 3. The zero-order valence-corrected chi connectivity index (χ0v) is 9.62. The predicted octanol–water partition coefficient (Wildman–Crippen LogP) is 1.37. The lowest BCUT2D eigenvalue weighted by molar-refractivity contribution is 0.0696. The number of hydrogen-bond donors (Lipinski definition) is 2. The van der Waals surface area contributed by atoms with E-state index in [0.29, 0.717) is 11.4 Å². The Morgan fingerprint density at radius 3 is 2.44 bits per heavy atom. The summed E-state index contributed by atoms with van der Waals surface area (Å²) in [5.41, 5.74) is 1.00. The molecule has 2 rings (SSSR count). The number of benzene rings is 1. The first-order valence-electron chi connectivity index (χ1n) is 5.19. The molecule has 0 atom stereocenters. The van der Waals surface area contributed by atoms with E-state index in [-0.39, 0.29) is 11.5 Å². The highest BCUT2D eigenvalue weighted by atomic mass is 16.4. The highest BCUT2D eigenvalue weighted by Crippen LogP contribution is 2.10. The summed E-state index contributed by atoms with van der Waals surface area (Å²) in [6.07, 6.45) is 3.13. The number of aromatic carboxylic acids is 1. The van der Waals surface area contributed by atoms with Gasteiger partial charge in [0.25, 0.3) is 5.91 Å². The summed E-state index contributed by atoms with van der Waals surface area (Å²) in [5, 5.41) is 11.4. The van der Waals surface area contributed by atoms with E-state index in [0.717, 1.165) is 0 Å². The van der Waals surface area contributed by atoms with E-state index in [1.807, 2.05) is 0 Å². The van der Waals surface area contributed by atoms with Crippen LogP contribution in [0.25, 0.3) is 0 Å². The van der Waals surface area contributed by atoms with Gasteiger partial charge in [0.2, 0.25) is 0 Å². The van der Waals surface area contributed by atoms with Gasteiger partial charge in [0.05, 0.1) is 11.9 Å². The molecule has 0 radical (unpaired) electrons. The van der Waals surface area contributed by atoms with Crippen LogP contribution in [0.3, 0.4) is 0 Å². The topological polar surface area (TPSA) is 84.2 Å². The Kier molecular flexibility index (Phi) is 3.09. The van der Waals surface area contributed by atoms with Gasteiger partial charge in [0.15, 0.2) is 0 Å². The van der Waals surface area contributed by atoms with E-state index < -0.39 is 5.97 Å². The third-order valence-corrected chi connectivity index (χ3v) is 2.33. The molecule has 1 amide bonds. The number of nitrogens with one attached hydrogen (secondary N) is 1. The van der Waals surface area contributed by atoms with Crippen LogP contribution in [-0.2, 0) is 7.05 Å². The van der Waals surface area contributed by atoms with Gasteiger partial charge in [-0.2, -0.15) is 0 Å². The van der Waals surface area contributed by atoms with Gasteiger partial charge in [-0.1, -0.05) is 0 Å². The molecule has 0 aliphatic rings. The Morgan fingerprint density at radius 2 is 1.94 bits per heavy atom. The molecule has 0 saturated carbocycles. The molecule has 18 heavy (non-hydrogen) atoms. The average molecular weight is 245 g/mol. The van der Waals surface area contributed by atoms with Gasteiger partial charge in [0.1, 0.15) is 5.69 Å². The Balaban J connectivity index is 2.10. The number of hydrogen-bond acceptors (Lipinski definition) is 3. The zero-order chi connectivity index (χ0) is 13.1. The van der Waals surface area contributed by atoms with Crippen molar-refractivity contribution in [2.24, 2.45) is 7.05 Å². The Morgan fingerprint density at radius 1 is 1.28 bits per heavy atom. The van der Waals surface area contributed by atoms with E-state index in [2.05, 4.69) is 10.3 Å². The monoisotopic (exact) mass is 245 g/mol. The molecule has 6 nitrogen and oxygen atoms in total. The number of anilines is 1. The van der Waals surface area contributed by atoms with Crippen LogP contribution in [0, 0.1) is 0 Å². The van der Waals surface area contributed by atoms with Crippen LogP contribution in [0.2, 0.25) is 0 Å². The van der Waals surface area contributed by atoms with Crippen LogP contribution in [0.15, 0.2) is 36.8 Å². The molecule has 0 bridgehead atoms. The number of carbonyl (C=O) groups is 2. The second-order valence-corrected chi connectivity index (χ2v) is 3.76. The van der Waals surface area contributed by atoms with Gasteiger partial charge in [0, 0.05) is 18.9 Å². The van der Waals surface area contributed by atoms with Crippen molar-refractivity contribution in [3.63, 3.8) is 0 Å². The third-order valence-electron chi connectivity index (χ3n) is 2.33. The van der Waals surface area contributed by atoms with Gasteiger partial charge in [-0.15, -0.1) is 0 Å². The molecule has 0 saturated heterocycles. The molecule has 1 heterocycles. The van der Waals surface area contributed by atoms with Gasteiger partial charge in [-0.05, 0) is 24.3 Å². The van der Waals surface area contributed by atoms with E-state index in [1.165, 1.54) is 30.6 Å². The summed E-state index contributed by atoms with van der Waals surface area (Å²) in [6.45, 7) is 0. The lowest BCUT2D eigenvalue weighted by Gasteiger charge is -2.03. The molecule has 1 aromatic carbocycles. The lowest BCUT2D eigenvalue weighted by Crippen LogP contribution is -2.12. The first kappa shape index (κ1) is 11.8. The van der Waals surface area contributed by atoms with Crippen molar-refractivity contribution in [1.29, 1.82) is 0 Å². The second kappa shape index (κ2) is 4.70. The Bertz CT molecular complexity index is 587. The molecule has 0 spiro atoms. The van der Waals surface area contributed by atoms with Crippen LogP contribution in [0.4, 0.5) is 5.69 Å². The quantitative estimate of drug-likeness (QED) is 0.855. The fourth-order valence-corrected chi connectivity index (χ4v) is 1.42. The summed E-state index contributed by atoms with van der Waals surface area (Å²) in [4.78, 5) is 26.3. The molecular weight excluding hydrogens is 234 g/mol. The Labute approximate surface area is 103 Å². The first-order chi connectivity index (χ1) is 8.56. The van der Waals surface area contributed by atoms with E-state index >= 15 is 0 Å². The van der Waals surface area contributed by atoms with Crippen molar-refractivity contribution in [2.75, 3.05) is 5.32 Å². The summed E-state index contributed by atoms with van der Waals surface area (Å²) in [5.74, 6) is -1.34. The third kappa shape index (κ3) is 2.54. The van der Waals surface area contributed by atoms with Crippen LogP contribution >= 0.6 is 0 Å². The van der Waals surface area contributed by atoms with E-state index in [4.69, 9.17) is 5.11 Å². The zero-order valence-electron chi connectivity index (χ0n) is 9.62. The fourth-order valence-electron chi connectivity index (χ4n) is 1.42. The van der Waals surface area contributed by atoms with Crippen LogP contribution in [-0.4, -0.2) is 26.5 Å². The minimum absolute atomic E-state index is 0.172. The van der Waals surface area contributed by atoms with Crippen LogP contribution in [0.5, 0.6) is 0 Å². The van der Waals surface area contributed by atoms with E-state index in [9.17, 15) is 9.59 Å². The molecule has 0 unspecified atom stereocenters. The summed E-state index contributed by atoms with van der Waals surface area (Å²) in [6, 6.07) is 5.92. The molecule has 1 aromatic heterocycles.